The first-order valence-electron chi connectivity index (χ1n) is 9.16. The molecule has 0 atom stereocenters. The second kappa shape index (κ2) is 8.24. The molecule has 0 saturated carbocycles. The zero-order valence-corrected chi connectivity index (χ0v) is 15.5. The average Bonchev–Trinajstić information content (AvgIpc) is 2.75. The smallest absolute Gasteiger partial charge is 0.338 e. The molecule has 29 heavy (non-hydrogen) atoms. The molecule has 0 aliphatic carbocycles. The second-order valence-corrected chi connectivity index (χ2v) is 6.54. The van der Waals surface area contributed by atoms with Crippen LogP contribution < -0.4 is 10.2 Å². The van der Waals surface area contributed by atoms with Crippen LogP contribution in [0, 0.1) is 5.82 Å². The predicted octanol–water partition coefficient (Wildman–Crippen LogP) is 3.56. The minimum Gasteiger partial charge on any atom is -0.478 e. The minimum absolute atomic E-state index is 0.365. The van der Waals surface area contributed by atoms with E-state index < -0.39 is 11.8 Å². The van der Waals surface area contributed by atoms with Gasteiger partial charge >= 0.3 is 5.97 Å². The number of morpholine rings is 1. The van der Waals surface area contributed by atoms with E-state index in [9.17, 15) is 9.18 Å². The Hall–Kier alpha value is -3.52. The molecular weight excluding hydrogens is 375 g/mol. The second-order valence-electron chi connectivity index (χ2n) is 6.54. The van der Waals surface area contributed by atoms with Gasteiger partial charge in [0.05, 0.1) is 24.5 Å². The Balaban J connectivity index is 1.50. The fraction of sp³-hybridized carbons (Fsp3) is 0.190. The van der Waals surface area contributed by atoms with Crippen LogP contribution in [0.4, 0.5) is 21.7 Å². The number of nitrogens with one attached hydrogen (secondary N) is 1. The van der Waals surface area contributed by atoms with Gasteiger partial charge in [-0.15, -0.1) is 0 Å². The number of carboxylic acid groups (broad SMARTS) is 1. The van der Waals surface area contributed by atoms with E-state index in [2.05, 4.69) is 20.2 Å². The number of ether oxygens (including phenoxy) is 1. The Morgan fingerprint density at radius 1 is 1.10 bits per heavy atom. The molecule has 0 unspecified atom stereocenters. The number of aromatic carboxylic acids is 1. The summed E-state index contributed by atoms with van der Waals surface area (Å²) >= 11 is 0. The van der Waals surface area contributed by atoms with Crippen molar-refractivity contribution in [3.8, 4) is 11.3 Å². The number of aromatic nitrogens is 2. The monoisotopic (exact) mass is 394 g/mol. The van der Waals surface area contributed by atoms with Gasteiger partial charge in [-0.3, -0.25) is 0 Å². The first-order valence-corrected chi connectivity index (χ1v) is 9.16. The quantitative estimate of drug-likeness (QED) is 0.684. The van der Waals surface area contributed by atoms with Gasteiger partial charge in [0, 0.05) is 36.2 Å². The van der Waals surface area contributed by atoms with Crippen LogP contribution in [0.5, 0.6) is 0 Å². The highest BCUT2D eigenvalue weighted by atomic mass is 19.1. The van der Waals surface area contributed by atoms with Crippen molar-refractivity contribution in [2.45, 2.75) is 0 Å². The third-order valence-corrected chi connectivity index (χ3v) is 4.65. The molecule has 2 heterocycles. The zero-order chi connectivity index (χ0) is 20.2. The van der Waals surface area contributed by atoms with E-state index in [0.717, 1.165) is 43.7 Å². The number of benzene rings is 2. The molecule has 148 valence electrons. The molecule has 2 N–H and O–H groups in total. The normalized spacial score (nSPS) is 13.9. The molecule has 0 amide bonds. The van der Waals surface area contributed by atoms with Gasteiger partial charge < -0.3 is 20.1 Å². The molecule has 3 aromatic rings. The van der Waals surface area contributed by atoms with Crippen molar-refractivity contribution in [3.63, 3.8) is 0 Å². The summed E-state index contributed by atoms with van der Waals surface area (Å²) in [6.45, 7) is 3.20. The highest BCUT2D eigenvalue weighted by molar-refractivity contribution is 5.88. The number of carboxylic acids is 1. The van der Waals surface area contributed by atoms with E-state index in [-0.39, 0.29) is 5.56 Å². The molecule has 1 aliphatic heterocycles. The molecule has 2 aromatic carbocycles. The largest absolute Gasteiger partial charge is 0.478 e. The number of rotatable bonds is 5. The van der Waals surface area contributed by atoms with Crippen molar-refractivity contribution in [2.75, 3.05) is 36.5 Å². The fourth-order valence-electron chi connectivity index (χ4n) is 3.13. The SMILES string of the molecule is O=C(O)c1ccc(-c2ccnc(Nc3ccc(N4CCOCC4)cc3)n2)cc1F. The molecule has 1 aromatic heterocycles. The van der Waals surface area contributed by atoms with Crippen LogP contribution in [0.15, 0.2) is 54.7 Å². The van der Waals surface area contributed by atoms with Gasteiger partial charge in [-0.25, -0.2) is 19.2 Å². The number of nitrogens with zero attached hydrogens (tertiary/aromatic N) is 3. The molecule has 8 heteroatoms. The summed E-state index contributed by atoms with van der Waals surface area (Å²) in [5.41, 5.74) is 2.54. The number of hydrogen-bond acceptors (Lipinski definition) is 6. The summed E-state index contributed by atoms with van der Waals surface area (Å²) < 4.78 is 19.3. The van der Waals surface area contributed by atoms with Gasteiger partial charge in [-0.2, -0.15) is 0 Å². The van der Waals surface area contributed by atoms with Crippen molar-refractivity contribution >= 4 is 23.3 Å². The first-order chi connectivity index (χ1) is 14.1. The lowest BCUT2D eigenvalue weighted by atomic mass is 10.1. The van der Waals surface area contributed by atoms with Gasteiger partial charge in [0.15, 0.2) is 0 Å². The van der Waals surface area contributed by atoms with Crippen molar-refractivity contribution in [1.82, 2.24) is 9.97 Å². The van der Waals surface area contributed by atoms with Crippen molar-refractivity contribution < 1.29 is 19.0 Å². The van der Waals surface area contributed by atoms with Crippen LogP contribution in [0.25, 0.3) is 11.3 Å². The average molecular weight is 394 g/mol. The Morgan fingerprint density at radius 3 is 2.55 bits per heavy atom. The van der Waals surface area contributed by atoms with Gasteiger partial charge in [-0.05, 0) is 42.5 Å². The Morgan fingerprint density at radius 2 is 1.86 bits per heavy atom. The van der Waals surface area contributed by atoms with E-state index >= 15 is 0 Å². The highest BCUT2D eigenvalue weighted by Crippen LogP contribution is 2.23. The van der Waals surface area contributed by atoms with Crippen LogP contribution in [0.3, 0.4) is 0 Å². The summed E-state index contributed by atoms with van der Waals surface area (Å²) in [7, 11) is 0. The molecule has 0 radical (unpaired) electrons. The molecule has 1 fully saturated rings. The fourth-order valence-corrected chi connectivity index (χ4v) is 3.13. The van der Waals surface area contributed by atoms with Crippen LogP contribution in [-0.2, 0) is 4.74 Å². The Kier molecular flexibility index (Phi) is 5.35. The lowest BCUT2D eigenvalue weighted by Crippen LogP contribution is -2.36. The molecule has 1 saturated heterocycles. The zero-order valence-electron chi connectivity index (χ0n) is 15.5. The molecular formula is C21H19FN4O3. The number of hydrogen-bond donors (Lipinski definition) is 2. The lowest BCUT2D eigenvalue weighted by molar-refractivity contribution is 0.0692. The maximum atomic E-state index is 14.0. The third kappa shape index (κ3) is 4.33. The molecule has 0 spiro atoms. The maximum absolute atomic E-state index is 14.0. The standard InChI is InChI=1S/C21H19FN4O3/c22-18-13-14(1-6-17(18)20(27)28)19-7-8-23-21(25-19)24-15-2-4-16(5-3-15)26-9-11-29-12-10-26/h1-8,13H,9-12H2,(H,27,28)(H,23,24,25). The van der Waals surface area contributed by atoms with Crippen molar-refractivity contribution in [1.29, 1.82) is 0 Å². The summed E-state index contributed by atoms with van der Waals surface area (Å²) in [6, 6.07) is 13.5. The number of carbonyl (C=O) groups is 1. The van der Waals surface area contributed by atoms with Crippen LogP contribution >= 0.6 is 0 Å². The molecule has 4 rings (SSSR count). The summed E-state index contributed by atoms with van der Waals surface area (Å²) in [5.74, 6) is -1.74. The van der Waals surface area contributed by atoms with E-state index in [4.69, 9.17) is 9.84 Å². The number of anilines is 3. The van der Waals surface area contributed by atoms with Gasteiger partial charge in [0.1, 0.15) is 5.82 Å². The lowest BCUT2D eigenvalue weighted by Gasteiger charge is -2.28. The topological polar surface area (TPSA) is 87.6 Å². The van der Waals surface area contributed by atoms with Gasteiger partial charge in [0.2, 0.25) is 5.95 Å². The summed E-state index contributed by atoms with van der Waals surface area (Å²) in [5, 5.41) is 12.1. The highest BCUT2D eigenvalue weighted by Gasteiger charge is 2.13. The van der Waals surface area contributed by atoms with E-state index in [1.165, 1.54) is 12.1 Å². The first kappa shape index (κ1) is 18.8. The van der Waals surface area contributed by atoms with E-state index in [1.54, 1.807) is 12.3 Å². The van der Waals surface area contributed by atoms with E-state index in [0.29, 0.717) is 17.2 Å². The molecule has 1 aliphatic rings. The van der Waals surface area contributed by atoms with Crippen LogP contribution in [0.1, 0.15) is 10.4 Å². The minimum atomic E-state index is -1.31. The summed E-state index contributed by atoms with van der Waals surface area (Å²) in [6.07, 6.45) is 1.57. The molecule has 0 bridgehead atoms. The molecule has 7 nitrogen and oxygen atoms in total. The van der Waals surface area contributed by atoms with Crippen molar-refractivity contribution in [3.05, 3.63) is 66.1 Å². The summed E-state index contributed by atoms with van der Waals surface area (Å²) in [4.78, 5) is 21.8. The predicted molar refractivity (Wildman–Crippen MR) is 107 cm³/mol. The Bertz CT molecular complexity index is 1020. The van der Waals surface area contributed by atoms with Gasteiger partial charge in [-0.1, -0.05) is 6.07 Å². The van der Waals surface area contributed by atoms with Crippen LogP contribution in [-0.4, -0.2) is 47.3 Å². The van der Waals surface area contributed by atoms with Crippen LogP contribution in [0.2, 0.25) is 0 Å². The third-order valence-electron chi connectivity index (χ3n) is 4.65. The van der Waals surface area contributed by atoms with Crippen molar-refractivity contribution in [2.24, 2.45) is 0 Å². The maximum Gasteiger partial charge on any atom is 0.338 e. The van der Waals surface area contributed by atoms with E-state index in [1.807, 2.05) is 24.3 Å². The van der Waals surface area contributed by atoms with Gasteiger partial charge in [0.25, 0.3) is 0 Å². The number of halogens is 1. The Labute approximate surface area is 166 Å².